The lowest BCUT2D eigenvalue weighted by atomic mass is 10.0. The number of hydrogen-bond donors (Lipinski definition) is 4. The molecule has 4 rings (SSSR count). The van der Waals surface area contributed by atoms with Crippen molar-refractivity contribution in [3.63, 3.8) is 0 Å². The number of nitrogens with zero attached hydrogens (tertiary/aromatic N) is 2. The Kier molecular flexibility index (Phi) is 6.81. The van der Waals surface area contributed by atoms with E-state index in [4.69, 9.17) is 15.6 Å². The fourth-order valence-electron chi connectivity index (χ4n) is 2.88. The molecule has 0 spiro atoms. The fraction of sp³-hybridized carbons (Fsp3) is 0.200. The summed E-state index contributed by atoms with van der Waals surface area (Å²) in [7, 11) is 0. The lowest BCUT2D eigenvalue weighted by molar-refractivity contribution is -0.192. The van der Waals surface area contributed by atoms with Gasteiger partial charge >= 0.3 is 12.1 Å². The molecule has 0 aliphatic carbocycles. The van der Waals surface area contributed by atoms with E-state index in [9.17, 15) is 31.5 Å². The largest absolute Gasteiger partial charge is 0.490 e. The Hall–Kier alpha value is -4.07. The van der Waals surface area contributed by atoms with E-state index in [0.717, 1.165) is 6.07 Å². The van der Waals surface area contributed by atoms with E-state index >= 15 is 0 Å². The van der Waals surface area contributed by atoms with Crippen molar-refractivity contribution in [3.8, 4) is 5.69 Å². The number of benzene rings is 2. The first-order valence-electron chi connectivity index (χ1n) is 9.47. The number of carbonyl (C=O) groups is 3. The van der Waals surface area contributed by atoms with Crippen LogP contribution in [0.25, 0.3) is 16.6 Å². The third-order valence-electron chi connectivity index (χ3n) is 4.71. The number of primary amides is 1. The molecular formula is C20H16F5N5O4. The van der Waals surface area contributed by atoms with E-state index in [1.165, 1.54) is 29.1 Å². The molecule has 0 unspecified atom stereocenters. The number of carbonyl (C=O) groups excluding carboxylic acids is 2. The normalized spacial score (nSPS) is 13.6. The molecule has 5 N–H and O–H groups in total. The molecule has 1 aromatic heterocycles. The van der Waals surface area contributed by atoms with Crippen LogP contribution in [0.5, 0.6) is 0 Å². The summed E-state index contributed by atoms with van der Waals surface area (Å²) in [6, 6.07) is 6.40. The molecule has 1 aliphatic rings. The van der Waals surface area contributed by atoms with Gasteiger partial charge < -0.3 is 21.5 Å². The van der Waals surface area contributed by atoms with Crippen LogP contribution in [0.4, 0.5) is 27.6 Å². The van der Waals surface area contributed by atoms with Gasteiger partial charge in [0.05, 0.1) is 22.9 Å². The number of carboxylic acid groups (broad SMARTS) is 1. The highest BCUT2D eigenvalue weighted by Gasteiger charge is 2.38. The van der Waals surface area contributed by atoms with E-state index in [2.05, 4.69) is 15.7 Å². The van der Waals surface area contributed by atoms with E-state index < -0.39 is 29.7 Å². The van der Waals surface area contributed by atoms with Gasteiger partial charge in [0.2, 0.25) is 5.91 Å². The van der Waals surface area contributed by atoms with Crippen LogP contribution in [0.3, 0.4) is 0 Å². The van der Waals surface area contributed by atoms with E-state index in [-0.39, 0.29) is 28.6 Å². The molecule has 0 radical (unpaired) electrons. The molecule has 1 aliphatic heterocycles. The average molecular weight is 485 g/mol. The summed E-state index contributed by atoms with van der Waals surface area (Å²) >= 11 is 0. The minimum Gasteiger partial charge on any atom is -0.475 e. The lowest BCUT2D eigenvalue weighted by Gasteiger charge is -2.25. The first kappa shape index (κ1) is 24.6. The molecule has 2 aromatic carbocycles. The van der Waals surface area contributed by atoms with Gasteiger partial charge in [-0.15, -0.1) is 0 Å². The van der Waals surface area contributed by atoms with Gasteiger partial charge in [-0.05, 0) is 24.3 Å². The Balaban J connectivity index is 0.000000406. The molecule has 3 aromatic rings. The number of hydrogen-bond acceptors (Lipinski definition) is 5. The van der Waals surface area contributed by atoms with Crippen LogP contribution >= 0.6 is 0 Å². The summed E-state index contributed by atoms with van der Waals surface area (Å²) < 4.78 is 61.1. The third-order valence-corrected chi connectivity index (χ3v) is 4.71. The molecule has 2 amide bonds. The number of halogens is 5. The van der Waals surface area contributed by atoms with Crippen molar-refractivity contribution in [2.75, 3.05) is 18.4 Å². The molecule has 14 heteroatoms. The number of fused-ring (bicyclic) bond motifs is 1. The maximum absolute atomic E-state index is 14.4. The van der Waals surface area contributed by atoms with Crippen molar-refractivity contribution in [3.05, 3.63) is 53.7 Å². The van der Waals surface area contributed by atoms with Crippen LogP contribution in [0, 0.1) is 17.6 Å². The molecular weight excluding hydrogens is 469 g/mol. The minimum absolute atomic E-state index is 0.0535. The van der Waals surface area contributed by atoms with E-state index in [1.54, 1.807) is 6.07 Å². The van der Waals surface area contributed by atoms with Gasteiger partial charge in [-0.25, -0.2) is 18.3 Å². The maximum Gasteiger partial charge on any atom is 0.490 e. The maximum atomic E-state index is 14.4. The molecule has 1 fully saturated rings. The van der Waals surface area contributed by atoms with Gasteiger partial charge in [0.15, 0.2) is 0 Å². The highest BCUT2D eigenvalue weighted by molar-refractivity contribution is 6.04. The highest BCUT2D eigenvalue weighted by atomic mass is 19.4. The number of anilines is 1. The lowest BCUT2D eigenvalue weighted by Crippen LogP contribution is -2.48. The first-order chi connectivity index (χ1) is 15.9. The summed E-state index contributed by atoms with van der Waals surface area (Å²) in [6.07, 6.45) is -3.61. The number of nitrogens with one attached hydrogen (secondary N) is 2. The number of carboxylic acids is 1. The predicted molar refractivity (Wildman–Crippen MR) is 108 cm³/mol. The Morgan fingerprint density at radius 3 is 2.29 bits per heavy atom. The van der Waals surface area contributed by atoms with E-state index in [1.807, 2.05) is 0 Å². The molecule has 180 valence electrons. The first-order valence-corrected chi connectivity index (χ1v) is 9.47. The van der Waals surface area contributed by atoms with Crippen LogP contribution in [-0.2, 0) is 9.59 Å². The van der Waals surface area contributed by atoms with Crippen LogP contribution < -0.4 is 16.4 Å². The van der Waals surface area contributed by atoms with Crippen molar-refractivity contribution >= 4 is 34.4 Å². The van der Waals surface area contributed by atoms with Crippen LogP contribution in [0.15, 0.2) is 36.5 Å². The van der Waals surface area contributed by atoms with Gasteiger partial charge in [0.25, 0.3) is 5.91 Å². The molecule has 34 heavy (non-hydrogen) atoms. The van der Waals surface area contributed by atoms with Crippen molar-refractivity contribution in [2.45, 2.75) is 6.18 Å². The average Bonchev–Trinajstić information content (AvgIpc) is 3.11. The second-order valence-corrected chi connectivity index (χ2v) is 7.14. The van der Waals surface area contributed by atoms with Crippen LogP contribution in [-0.4, -0.2) is 51.9 Å². The minimum atomic E-state index is -5.08. The standard InChI is InChI=1S/C18H15F2N5O2.C2HF3O2/c19-11-3-9-8-25(24-16(9)13(4-11)17(21)26)12-1-2-15(14(20)5-12)23-18(27)10-6-22-7-10;3-2(4,5)1(6)7/h1-5,8,10,22H,6-7H2,(H2,21,26)(H,23,27);(H,6,7). The van der Waals surface area contributed by atoms with E-state index in [0.29, 0.717) is 24.2 Å². The number of rotatable bonds is 4. The zero-order chi connectivity index (χ0) is 25.2. The summed E-state index contributed by atoms with van der Waals surface area (Å²) in [4.78, 5) is 32.3. The van der Waals surface area contributed by atoms with Crippen LogP contribution in [0.1, 0.15) is 10.4 Å². The number of aliphatic carboxylic acids is 1. The summed E-state index contributed by atoms with van der Waals surface area (Å²) in [5, 5.41) is 17.2. The molecule has 1 saturated heterocycles. The summed E-state index contributed by atoms with van der Waals surface area (Å²) in [5.41, 5.74) is 5.85. The number of aromatic nitrogens is 2. The van der Waals surface area contributed by atoms with Crippen molar-refractivity contribution in [1.29, 1.82) is 0 Å². The predicted octanol–water partition coefficient (Wildman–Crippen LogP) is 2.19. The number of alkyl halides is 3. The highest BCUT2D eigenvalue weighted by Crippen LogP contribution is 2.24. The zero-order valence-electron chi connectivity index (χ0n) is 17.0. The topological polar surface area (TPSA) is 139 Å². The Morgan fingerprint density at radius 1 is 1.15 bits per heavy atom. The molecule has 0 saturated carbocycles. The van der Waals surface area contributed by atoms with Crippen molar-refractivity contribution < 1.29 is 41.4 Å². The number of amides is 2. The fourth-order valence-corrected chi connectivity index (χ4v) is 2.88. The molecule has 0 atom stereocenters. The number of nitrogens with two attached hydrogens (primary N) is 1. The third kappa shape index (κ3) is 5.46. The Bertz CT molecular complexity index is 1270. The Labute approximate surface area is 187 Å². The SMILES string of the molecule is NC(=O)c1cc(F)cc2cn(-c3ccc(NC(=O)C4CNC4)c(F)c3)nc12.O=C(O)C(F)(F)F. The second kappa shape index (κ2) is 9.43. The smallest absolute Gasteiger partial charge is 0.475 e. The van der Waals surface area contributed by atoms with Gasteiger partial charge in [-0.1, -0.05) is 0 Å². The molecule has 2 heterocycles. The zero-order valence-corrected chi connectivity index (χ0v) is 17.0. The summed E-state index contributed by atoms with van der Waals surface area (Å²) in [5.74, 6) is -5.22. The van der Waals surface area contributed by atoms with Gasteiger partial charge in [-0.2, -0.15) is 18.3 Å². The van der Waals surface area contributed by atoms with Gasteiger partial charge in [0, 0.05) is 30.7 Å². The van der Waals surface area contributed by atoms with Crippen molar-refractivity contribution in [1.82, 2.24) is 15.1 Å². The van der Waals surface area contributed by atoms with Crippen molar-refractivity contribution in [2.24, 2.45) is 11.7 Å². The summed E-state index contributed by atoms with van der Waals surface area (Å²) in [6.45, 7) is 1.15. The second-order valence-electron chi connectivity index (χ2n) is 7.14. The van der Waals surface area contributed by atoms with Gasteiger partial charge in [-0.3, -0.25) is 9.59 Å². The van der Waals surface area contributed by atoms with Crippen LogP contribution in [0.2, 0.25) is 0 Å². The molecule has 9 nitrogen and oxygen atoms in total. The Morgan fingerprint density at radius 2 is 1.79 bits per heavy atom. The molecule has 0 bridgehead atoms. The monoisotopic (exact) mass is 485 g/mol. The quantitative estimate of drug-likeness (QED) is 0.418. The van der Waals surface area contributed by atoms with Gasteiger partial charge in [0.1, 0.15) is 17.2 Å².